The Labute approximate surface area is 124 Å². The molecule has 0 saturated carbocycles. The molecule has 0 aliphatic carbocycles. The SMILES string of the molecule is CC(CCO)CNC(=O)NCC(C)Oc1ccc(F)cc1. The van der Waals surface area contributed by atoms with Crippen molar-refractivity contribution in [3.63, 3.8) is 0 Å². The number of carbonyl (C=O) groups is 1. The average molecular weight is 298 g/mol. The third-order valence-corrected chi connectivity index (χ3v) is 2.93. The minimum Gasteiger partial charge on any atom is -0.489 e. The van der Waals surface area contributed by atoms with Crippen molar-refractivity contribution in [2.75, 3.05) is 19.7 Å². The Morgan fingerprint density at radius 1 is 1.24 bits per heavy atom. The van der Waals surface area contributed by atoms with Crippen LogP contribution in [0.5, 0.6) is 5.75 Å². The molecule has 118 valence electrons. The molecule has 21 heavy (non-hydrogen) atoms. The Bertz CT molecular complexity index is 425. The van der Waals surface area contributed by atoms with E-state index in [2.05, 4.69) is 10.6 Å². The molecule has 0 aliphatic rings. The fraction of sp³-hybridized carbons (Fsp3) is 0.533. The van der Waals surface area contributed by atoms with Crippen molar-refractivity contribution in [1.82, 2.24) is 10.6 Å². The third kappa shape index (κ3) is 7.51. The zero-order chi connectivity index (χ0) is 15.7. The first-order valence-corrected chi connectivity index (χ1v) is 7.06. The molecule has 5 nitrogen and oxygen atoms in total. The molecule has 2 unspecified atom stereocenters. The van der Waals surface area contributed by atoms with Crippen molar-refractivity contribution in [1.29, 1.82) is 0 Å². The molecule has 2 atom stereocenters. The predicted octanol–water partition coefficient (Wildman–Crippen LogP) is 1.91. The van der Waals surface area contributed by atoms with Gasteiger partial charge in [-0.2, -0.15) is 0 Å². The fourth-order valence-corrected chi connectivity index (χ4v) is 1.68. The molecule has 6 heteroatoms. The Kier molecular flexibility index (Phi) is 7.53. The van der Waals surface area contributed by atoms with E-state index in [1.165, 1.54) is 12.1 Å². The molecule has 1 rings (SSSR count). The Balaban J connectivity index is 2.21. The van der Waals surface area contributed by atoms with E-state index in [-0.39, 0.29) is 30.5 Å². The monoisotopic (exact) mass is 298 g/mol. The maximum atomic E-state index is 12.7. The number of urea groups is 1. The number of aliphatic hydroxyl groups is 1. The van der Waals surface area contributed by atoms with Gasteiger partial charge in [0.25, 0.3) is 0 Å². The highest BCUT2D eigenvalue weighted by molar-refractivity contribution is 5.73. The quantitative estimate of drug-likeness (QED) is 0.686. The highest BCUT2D eigenvalue weighted by Crippen LogP contribution is 2.12. The summed E-state index contributed by atoms with van der Waals surface area (Å²) >= 11 is 0. The minimum atomic E-state index is -0.315. The van der Waals surface area contributed by atoms with Crippen LogP contribution in [-0.4, -0.2) is 36.9 Å². The van der Waals surface area contributed by atoms with Gasteiger partial charge in [-0.1, -0.05) is 6.92 Å². The molecular weight excluding hydrogens is 275 g/mol. The summed E-state index contributed by atoms with van der Waals surface area (Å²) in [6.07, 6.45) is 0.431. The van der Waals surface area contributed by atoms with Crippen molar-refractivity contribution in [3.8, 4) is 5.75 Å². The van der Waals surface area contributed by atoms with E-state index in [0.717, 1.165) is 0 Å². The molecule has 0 aliphatic heterocycles. The summed E-state index contributed by atoms with van der Waals surface area (Å²) in [4.78, 5) is 11.6. The normalized spacial score (nSPS) is 13.3. The number of hydrogen-bond acceptors (Lipinski definition) is 3. The van der Waals surface area contributed by atoms with Crippen LogP contribution in [0.4, 0.5) is 9.18 Å². The van der Waals surface area contributed by atoms with E-state index in [1.807, 2.05) is 13.8 Å². The summed E-state index contributed by atoms with van der Waals surface area (Å²) < 4.78 is 18.3. The largest absolute Gasteiger partial charge is 0.489 e. The summed E-state index contributed by atoms with van der Waals surface area (Å²) in [6, 6.07) is 5.47. The highest BCUT2D eigenvalue weighted by Gasteiger charge is 2.08. The molecule has 0 saturated heterocycles. The second-order valence-corrected chi connectivity index (χ2v) is 5.09. The number of hydrogen-bond donors (Lipinski definition) is 3. The van der Waals surface area contributed by atoms with Gasteiger partial charge in [0.1, 0.15) is 17.7 Å². The van der Waals surface area contributed by atoms with E-state index < -0.39 is 0 Å². The van der Waals surface area contributed by atoms with Crippen molar-refractivity contribution < 1.29 is 19.0 Å². The van der Waals surface area contributed by atoms with Crippen LogP contribution in [0.15, 0.2) is 24.3 Å². The maximum absolute atomic E-state index is 12.7. The molecule has 1 aromatic carbocycles. The van der Waals surface area contributed by atoms with E-state index in [0.29, 0.717) is 25.3 Å². The predicted molar refractivity (Wildman–Crippen MR) is 78.8 cm³/mol. The number of aliphatic hydroxyl groups excluding tert-OH is 1. The minimum absolute atomic E-state index is 0.118. The third-order valence-electron chi connectivity index (χ3n) is 2.93. The summed E-state index contributed by atoms with van der Waals surface area (Å²) in [5.74, 6) is 0.473. The van der Waals surface area contributed by atoms with Crippen LogP contribution >= 0.6 is 0 Å². The zero-order valence-corrected chi connectivity index (χ0v) is 12.4. The first kappa shape index (κ1) is 17.2. The van der Waals surface area contributed by atoms with Crippen LogP contribution < -0.4 is 15.4 Å². The smallest absolute Gasteiger partial charge is 0.314 e. The van der Waals surface area contributed by atoms with Gasteiger partial charge in [-0.3, -0.25) is 0 Å². The highest BCUT2D eigenvalue weighted by atomic mass is 19.1. The summed E-state index contributed by atoms with van der Waals surface area (Å²) in [5, 5.41) is 14.2. The fourth-order valence-electron chi connectivity index (χ4n) is 1.68. The van der Waals surface area contributed by atoms with Gasteiger partial charge in [0.05, 0.1) is 6.54 Å². The van der Waals surface area contributed by atoms with E-state index in [4.69, 9.17) is 9.84 Å². The van der Waals surface area contributed by atoms with Crippen molar-refractivity contribution in [3.05, 3.63) is 30.1 Å². The van der Waals surface area contributed by atoms with Gasteiger partial charge in [0.15, 0.2) is 0 Å². The van der Waals surface area contributed by atoms with Crippen LogP contribution in [0.3, 0.4) is 0 Å². The van der Waals surface area contributed by atoms with Crippen LogP contribution in [0, 0.1) is 11.7 Å². The molecule has 0 heterocycles. The van der Waals surface area contributed by atoms with Gasteiger partial charge in [-0.25, -0.2) is 9.18 Å². The number of rotatable bonds is 8. The number of benzene rings is 1. The first-order valence-electron chi connectivity index (χ1n) is 7.06. The number of halogens is 1. The lowest BCUT2D eigenvalue weighted by atomic mass is 10.1. The van der Waals surface area contributed by atoms with Gasteiger partial charge in [0.2, 0.25) is 0 Å². The lowest BCUT2D eigenvalue weighted by Gasteiger charge is -2.16. The number of nitrogens with one attached hydrogen (secondary N) is 2. The topological polar surface area (TPSA) is 70.6 Å². The molecule has 0 aromatic heterocycles. The molecule has 1 aromatic rings. The second-order valence-electron chi connectivity index (χ2n) is 5.09. The van der Waals surface area contributed by atoms with Gasteiger partial charge < -0.3 is 20.5 Å². The van der Waals surface area contributed by atoms with Gasteiger partial charge in [-0.05, 0) is 43.5 Å². The lowest BCUT2D eigenvalue weighted by molar-refractivity contribution is 0.206. The molecule has 0 spiro atoms. The second kappa shape index (κ2) is 9.18. The van der Waals surface area contributed by atoms with Gasteiger partial charge in [0, 0.05) is 13.2 Å². The van der Waals surface area contributed by atoms with E-state index in [9.17, 15) is 9.18 Å². The van der Waals surface area contributed by atoms with Crippen LogP contribution in [0.2, 0.25) is 0 Å². The molecule has 3 N–H and O–H groups in total. The molecule has 2 amide bonds. The van der Waals surface area contributed by atoms with E-state index in [1.54, 1.807) is 12.1 Å². The molecule has 0 bridgehead atoms. The maximum Gasteiger partial charge on any atom is 0.314 e. The molecule has 0 fully saturated rings. The zero-order valence-electron chi connectivity index (χ0n) is 12.4. The Hall–Kier alpha value is -1.82. The first-order chi connectivity index (χ1) is 10.0. The van der Waals surface area contributed by atoms with Crippen LogP contribution in [0.25, 0.3) is 0 Å². The standard InChI is InChI=1S/C15H23FN2O3/c1-11(7-8-19)9-17-15(20)18-10-12(2)21-14-5-3-13(16)4-6-14/h3-6,11-12,19H,7-10H2,1-2H3,(H2,17,18,20). The number of ether oxygens (including phenoxy) is 1. The number of carbonyl (C=O) groups excluding carboxylic acids is 1. The Morgan fingerprint density at radius 2 is 1.86 bits per heavy atom. The average Bonchev–Trinajstić information content (AvgIpc) is 2.46. The van der Waals surface area contributed by atoms with E-state index >= 15 is 0 Å². The van der Waals surface area contributed by atoms with Crippen molar-refractivity contribution >= 4 is 6.03 Å². The lowest BCUT2D eigenvalue weighted by Crippen LogP contribution is -2.41. The summed E-state index contributed by atoms with van der Waals surface area (Å²) in [5.41, 5.74) is 0. The summed E-state index contributed by atoms with van der Waals surface area (Å²) in [7, 11) is 0. The molecular formula is C15H23FN2O3. The number of amides is 2. The Morgan fingerprint density at radius 3 is 2.48 bits per heavy atom. The molecule has 0 radical (unpaired) electrons. The summed E-state index contributed by atoms with van der Waals surface area (Å²) in [6.45, 7) is 4.75. The van der Waals surface area contributed by atoms with Gasteiger partial charge >= 0.3 is 6.03 Å². The van der Waals surface area contributed by atoms with Crippen molar-refractivity contribution in [2.24, 2.45) is 5.92 Å². The van der Waals surface area contributed by atoms with Crippen molar-refractivity contribution in [2.45, 2.75) is 26.4 Å². The van der Waals surface area contributed by atoms with Crippen LogP contribution in [0.1, 0.15) is 20.3 Å². The van der Waals surface area contributed by atoms with Gasteiger partial charge in [-0.15, -0.1) is 0 Å². The van der Waals surface area contributed by atoms with Crippen LogP contribution in [-0.2, 0) is 0 Å².